The summed E-state index contributed by atoms with van der Waals surface area (Å²) in [6, 6.07) is 5.98. The van der Waals surface area contributed by atoms with Gasteiger partial charge in [0, 0.05) is 6.07 Å². The number of amides is 1. The summed E-state index contributed by atoms with van der Waals surface area (Å²) < 4.78 is 18.2. The van der Waals surface area contributed by atoms with Crippen LogP contribution in [0.5, 0.6) is 5.75 Å². The Morgan fingerprint density at radius 2 is 2.17 bits per heavy atom. The van der Waals surface area contributed by atoms with E-state index in [4.69, 9.17) is 16.2 Å². The van der Waals surface area contributed by atoms with E-state index < -0.39 is 11.4 Å². The minimum atomic E-state index is -0.973. The molecule has 1 atom stereocenters. The van der Waals surface area contributed by atoms with Crippen molar-refractivity contribution in [3.8, 4) is 5.75 Å². The van der Waals surface area contributed by atoms with Gasteiger partial charge in [0.15, 0.2) is 0 Å². The van der Waals surface area contributed by atoms with Crippen LogP contribution in [0.3, 0.4) is 0 Å². The molecule has 1 rings (SSSR count). The van der Waals surface area contributed by atoms with Gasteiger partial charge in [-0.25, -0.2) is 4.39 Å². The molecule has 0 heterocycles. The van der Waals surface area contributed by atoms with Crippen molar-refractivity contribution >= 4 is 5.91 Å². The number of ether oxygens (including phenoxy) is 1. The van der Waals surface area contributed by atoms with E-state index in [1.165, 1.54) is 12.1 Å². The molecule has 0 aliphatic heterocycles. The minimum Gasteiger partial charge on any atom is -0.493 e. The van der Waals surface area contributed by atoms with Crippen LogP contribution in [0.4, 0.5) is 4.39 Å². The molecule has 0 fully saturated rings. The van der Waals surface area contributed by atoms with Crippen molar-refractivity contribution in [2.24, 2.45) is 11.5 Å². The molecule has 0 saturated heterocycles. The molecule has 4 nitrogen and oxygen atoms in total. The van der Waals surface area contributed by atoms with Gasteiger partial charge in [-0.05, 0) is 38.3 Å². The lowest BCUT2D eigenvalue weighted by Gasteiger charge is -2.19. The molecule has 18 heavy (non-hydrogen) atoms. The maximum absolute atomic E-state index is 12.8. The Morgan fingerprint density at radius 3 is 2.78 bits per heavy atom. The van der Waals surface area contributed by atoms with Gasteiger partial charge in [-0.1, -0.05) is 6.07 Å². The number of hydrogen-bond acceptors (Lipinski definition) is 3. The number of nitrogens with two attached hydrogens (primary N) is 2. The Kier molecular flexibility index (Phi) is 5.09. The first-order chi connectivity index (χ1) is 8.42. The maximum Gasteiger partial charge on any atom is 0.237 e. The first-order valence-corrected chi connectivity index (χ1v) is 5.89. The fourth-order valence-corrected chi connectivity index (χ4v) is 1.46. The van der Waals surface area contributed by atoms with Gasteiger partial charge < -0.3 is 16.2 Å². The Bertz CT molecular complexity index is 408. The average Bonchev–Trinajstić information content (AvgIpc) is 2.28. The zero-order valence-electron chi connectivity index (χ0n) is 10.5. The highest BCUT2D eigenvalue weighted by Crippen LogP contribution is 2.14. The number of benzene rings is 1. The molecular formula is C13H19FN2O2. The van der Waals surface area contributed by atoms with Crippen molar-refractivity contribution in [2.45, 2.75) is 31.7 Å². The van der Waals surface area contributed by atoms with Gasteiger partial charge in [0.25, 0.3) is 0 Å². The molecule has 0 radical (unpaired) electrons. The van der Waals surface area contributed by atoms with Crippen molar-refractivity contribution in [1.82, 2.24) is 0 Å². The zero-order chi connectivity index (χ0) is 13.6. The molecule has 0 aliphatic rings. The fraction of sp³-hybridized carbons (Fsp3) is 0.462. The van der Waals surface area contributed by atoms with Crippen LogP contribution in [0.25, 0.3) is 0 Å². The Morgan fingerprint density at radius 1 is 1.44 bits per heavy atom. The Hall–Kier alpha value is -1.62. The SMILES string of the molecule is CC(N)(CCCCOc1cccc(F)c1)C(N)=O. The fourth-order valence-electron chi connectivity index (χ4n) is 1.46. The molecule has 5 heteroatoms. The smallest absolute Gasteiger partial charge is 0.237 e. The maximum atomic E-state index is 12.8. The summed E-state index contributed by atoms with van der Waals surface area (Å²) in [6.07, 6.45) is 1.97. The van der Waals surface area contributed by atoms with Gasteiger partial charge in [-0.15, -0.1) is 0 Å². The third-order valence-electron chi connectivity index (χ3n) is 2.72. The van der Waals surface area contributed by atoms with Crippen LogP contribution < -0.4 is 16.2 Å². The van der Waals surface area contributed by atoms with E-state index in [0.29, 0.717) is 18.8 Å². The second-order valence-corrected chi connectivity index (χ2v) is 4.54. The Labute approximate surface area is 106 Å². The third-order valence-corrected chi connectivity index (χ3v) is 2.72. The summed E-state index contributed by atoms with van der Waals surface area (Å²) in [5.41, 5.74) is 9.89. The summed E-state index contributed by atoms with van der Waals surface area (Å²) >= 11 is 0. The van der Waals surface area contributed by atoms with Crippen molar-refractivity contribution in [3.05, 3.63) is 30.1 Å². The predicted molar refractivity (Wildman–Crippen MR) is 67.5 cm³/mol. The standard InChI is InChI=1S/C13H19FN2O2/c1-13(16,12(15)17)7-2-3-8-18-11-6-4-5-10(14)9-11/h4-6,9H,2-3,7-8,16H2,1H3,(H2,15,17). The van der Waals surface area contributed by atoms with Crippen LogP contribution in [0.15, 0.2) is 24.3 Å². The monoisotopic (exact) mass is 254 g/mol. The topological polar surface area (TPSA) is 78.3 Å². The van der Waals surface area contributed by atoms with E-state index in [-0.39, 0.29) is 5.82 Å². The highest BCUT2D eigenvalue weighted by molar-refractivity contribution is 5.83. The molecule has 100 valence electrons. The van der Waals surface area contributed by atoms with Gasteiger partial charge in [0.1, 0.15) is 11.6 Å². The molecule has 1 aromatic carbocycles. The van der Waals surface area contributed by atoms with Crippen LogP contribution in [0, 0.1) is 5.82 Å². The summed E-state index contributed by atoms with van der Waals surface area (Å²) in [5, 5.41) is 0. The van der Waals surface area contributed by atoms with Crippen LogP contribution in [-0.2, 0) is 4.79 Å². The van der Waals surface area contributed by atoms with E-state index in [1.54, 1.807) is 19.1 Å². The lowest BCUT2D eigenvalue weighted by Crippen LogP contribution is -2.49. The largest absolute Gasteiger partial charge is 0.493 e. The molecule has 0 aliphatic carbocycles. The zero-order valence-corrected chi connectivity index (χ0v) is 10.5. The number of halogens is 1. The molecule has 0 bridgehead atoms. The average molecular weight is 254 g/mol. The van der Waals surface area contributed by atoms with Crippen molar-refractivity contribution in [2.75, 3.05) is 6.61 Å². The van der Waals surface area contributed by atoms with Crippen molar-refractivity contribution in [1.29, 1.82) is 0 Å². The van der Waals surface area contributed by atoms with E-state index in [0.717, 1.165) is 12.8 Å². The van der Waals surface area contributed by atoms with Gasteiger partial charge >= 0.3 is 0 Å². The summed E-state index contributed by atoms with van der Waals surface area (Å²) in [5.74, 6) is -0.329. The van der Waals surface area contributed by atoms with Crippen molar-refractivity contribution in [3.63, 3.8) is 0 Å². The van der Waals surface area contributed by atoms with Crippen LogP contribution in [0.1, 0.15) is 26.2 Å². The van der Waals surface area contributed by atoms with Crippen LogP contribution >= 0.6 is 0 Å². The molecule has 1 unspecified atom stereocenters. The Balaban J connectivity index is 2.22. The first kappa shape index (κ1) is 14.4. The van der Waals surface area contributed by atoms with Gasteiger partial charge in [-0.2, -0.15) is 0 Å². The predicted octanol–water partition coefficient (Wildman–Crippen LogP) is 1.58. The summed E-state index contributed by atoms with van der Waals surface area (Å²) in [7, 11) is 0. The van der Waals surface area contributed by atoms with E-state index in [2.05, 4.69) is 0 Å². The van der Waals surface area contributed by atoms with Gasteiger partial charge in [-0.3, -0.25) is 4.79 Å². The number of hydrogen-bond donors (Lipinski definition) is 2. The lowest BCUT2D eigenvalue weighted by molar-refractivity contribution is -0.122. The van der Waals surface area contributed by atoms with E-state index in [9.17, 15) is 9.18 Å². The lowest BCUT2D eigenvalue weighted by atomic mass is 9.96. The molecule has 0 saturated carbocycles. The molecule has 1 aromatic rings. The molecule has 1 amide bonds. The highest BCUT2D eigenvalue weighted by atomic mass is 19.1. The van der Waals surface area contributed by atoms with Gasteiger partial charge in [0.2, 0.25) is 5.91 Å². The highest BCUT2D eigenvalue weighted by Gasteiger charge is 2.24. The van der Waals surface area contributed by atoms with Gasteiger partial charge in [0.05, 0.1) is 12.1 Å². The van der Waals surface area contributed by atoms with Crippen LogP contribution in [-0.4, -0.2) is 18.1 Å². The van der Waals surface area contributed by atoms with Crippen molar-refractivity contribution < 1.29 is 13.9 Å². The molecule has 0 aromatic heterocycles. The quantitative estimate of drug-likeness (QED) is 0.725. The van der Waals surface area contributed by atoms with E-state index >= 15 is 0 Å². The molecule has 0 spiro atoms. The number of carbonyl (C=O) groups is 1. The molecular weight excluding hydrogens is 235 g/mol. The minimum absolute atomic E-state index is 0.323. The second kappa shape index (κ2) is 6.35. The third kappa shape index (κ3) is 4.71. The first-order valence-electron chi connectivity index (χ1n) is 5.89. The number of rotatable bonds is 7. The number of carbonyl (C=O) groups excluding carboxylic acids is 1. The summed E-state index contributed by atoms with van der Waals surface area (Å²) in [4.78, 5) is 11.0. The number of primary amides is 1. The van der Waals surface area contributed by atoms with E-state index in [1.807, 2.05) is 0 Å². The van der Waals surface area contributed by atoms with Crippen LogP contribution in [0.2, 0.25) is 0 Å². The molecule has 4 N–H and O–H groups in total. The number of unbranched alkanes of at least 4 members (excludes halogenated alkanes) is 1. The summed E-state index contributed by atoms with van der Waals surface area (Å²) in [6.45, 7) is 2.07. The normalized spacial score (nSPS) is 13.9. The second-order valence-electron chi connectivity index (χ2n) is 4.54.